The number of nitrogens with two attached hydrogens (primary N) is 1. The van der Waals surface area contributed by atoms with Crippen LogP contribution in [-0.2, 0) is 9.53 Å². The van der Waals surface area contributed by atoms with E-state index in [0.29, 0.717) is 24.8 Å². The van der Waals surface area contributed by atoms with E-state index in [0.717, 1.165) is 19.3 Å². The van der Waals surface area contributed by atoms with Crippen LogP contribution in [0.4, 0.5) is 10.5 Å². The average molecular weight is 322 g/mol. The summed E-state index contributed by atoms with van der Waals surface area (Å²) in [4.78, 5) is 27.4. The fraction of sp³-hybridized carbons (Fsp3) is 0.533. The van der Waals surface area contributed by atoms with Crippen molar-refractivity contribution in [1.82, 2.24) is 10.3 Å². The summed E-state index contributed by atoms with van der Waals surface area (Å²) >= 11 is 0. The number of aromatic nitrogens is 1. The maximum atomic E-state index is 12.0. The highest BCUT2D eigenvalue weighted by molar-refractivity contribution is 5.90. The number of methoxy groups -OCH3 is 1. The van der Waals surface area contributed by atoms with E-state index in [1.165, 1.54) is 6.20 Å². The molecule has 4 N–H and O–H groups in total. The van der Waals surface area contributed by atoms with Gasteiger partial charge in [0.25, 0.3) is 0 Å². The third-order valence-electron chi connectivity index (χ3n) is 3.73. The van der Waals surface area contributed by atoms with Gasteiger partial charge in [-0.2, -0.15) is 0 Å². The predicted molar refractivity (Wildman–Crippen MR) is 84.1 cm³/mol. The Morgan fingerprint density at radius 1 is 1.35 bits per heavy atom. The highest BCUT2D eigenvalue weighted by atomic mass is 16.5. The van der Waals surface area contributed by atoms with E-state index in [2.05, 4.69) is 15.6 Å². The van der Waals surface area contributed by atoms with Gasteiger partial charge in [0.1, 0.15) is 6.61 Å². The predicted octanol–water partition coefficient (Wildman–Crippen LogP) is 0.882. The largest absolute Gasteiger partial charge is 0.475 e. The Bertz CT molecular complexity index is 535. The van der Waals surface area contributed by atoms with Gasteiger partial charge in [0.2, 0.25) is 11.8 Å². The number of rotatable bonds is 7. The smallest absolute Gasteiger partial charge is 0.319 e. The summed E-state index contributed by atoms with van der Waals surface area (Å²) in [7, 11) is 1.59. The minimum Gasteiger partial charge on any atom is -0.475 e. The number of hydrogen-bond acceptors (Lipinski definition) is 5. The van der Waals surface area contributed by atoms with E-state index in [9.17, 15) is 9.59 Å². The number of hydrogen-bond donors (Lipinski definition) is 3. The van der Waals surface area contributed by atoms with Crippen LogP contribution in [0, 0.1) is 5.92 Å². The van der Waals surface area contributed by atoms with Gasteiger partial charge < -0.3 is 25.8 Å². The topological polar surface area (TPSA) is 116 Å². The monoisotopic (exact) mass is 322 g/mol. The van der Waals surface area contributed by atoms with Gasteiger partial charge in [-0.25, -0.2) is 9.78 Å². The molecule has 0 unspecified atom stereocenters. The Hall–Kier alpha value is -2.35. The van der Waals surface area contributed by atoms with Crippen LogP contribution in [0.5, 0.6) is 5.88 Å². The number of urea groups is 1. The minimum atomic E-state index is -0.377. The van der Waals surface area contributed by atoms with Gasteiger partial charge in [-0.1, -0.05) is 6.42 Å². The molecule has 1 aromatic rings. The molecule has 2 rings (SSSR count). The van der Waals surface area contributed by atoms with E-state index in [1.54, 1.807) is 19.2 Å². The number of amides is 3. The fourth-order valence-electron chi connectivity index (χ4n) is 2.58. The number of nitrogens with one attached hydrogen (secondary N) is 2. The highest BCUT2D eigenvalue weighted by Crippen LogP contribution is 2.25. The summed E-state index contributed by atoms with van der Waals surface area (Å²) in [6.45, 7) is 0.888. The third kappa shape index (κ3) is 5.10. The number of pyridine rings is 1. The van der Waals surface area contributed by atoms with Gasteiger partial charge in [-0.05, 0) is 18.9 Å². The maximum absolute atomic E-state index is 12.0. The molecular weight excluding hydrogens is 300 g/mol. The molecule has 2 atom stereocenters. The molecule has 0 aliphatic heterocycles. The molecule has 1 aromatic heterocycles. The molecule has 0 aromatic carbocycles. The Morgan fingerprint density at radius 2 is 2.17 bits per heavy atom. The molecule has 0 spiro atoms. The van der Waals surface area contributed by atoms with Crippen LogP contribution in [0.25, 0.3) is 0 Å². The summed E-state index contributed by atoms with van der Waals surface area (Å²) in [5.41, 5.74) is 5.88. The number of carbonyl (C=O) groups is 2. The molecule has 0 radical (unpaired) electrons. The van der Waals surface area contributed by atoms with Crippen molar-refractivity contribution in [2.75, 3.05) is 25.6 Å². The first-order valence-electron chi connectivity index (χ1n) is 7.54. The molecule has 0 saturated heterocycles. The molecule has 1 aliphatic carbocycles. The Labute approximate surface area is 134 Å². The van der Waals surface area contributed by atoms with E-state index < -0.39 is 0 Å². The molecule has 126 valence electrons. The molecule has 8 nitrogen and oxygen atoms in total. The van der Waals surface area contributed by atoms with Crippen molar-refractivity contribution >= 4 is 17.6 Å². The summed E-state index contributed by atoms with van der Waals surface area (Å²) in [5, 5.41) is 5.47. The average Bonchev–Trinajstić information content (AvgIpc) is 2.97. The van der Waals surface area contributed by atoms with Gasteiger partial charge in [-0.3, -0.25) is 4.79 Å². The van der Waals surface area contributed by atoms with Gasteiger partial charge in [0, 0.05) is 19.2 Å². The van der Waals surface area contributed by atoms with E-state index >= 15 is 0 Å². The number of primary amides is 1. The molecule has 8 heteroatoms. The zero-order valence-electron chi connectivity index (χ0n) is 13.1. The second-order valence-electron chi connectivity index (χ2n) is 5.37. The lowest BCUT2D eigenvalue weighted by molar-refractivity contribution is -0.122. The molecule has 0 bridgehead atoms. The molecule has 1 heterocycles. The molecule has 1 saturated carbocycles. The van der Waals surface area contributed by atoms with Crippen LogP contribution in [0.15, 0.2) is 18.3 Å². The number of anilines is 1. The normalized spacial score (nSPS) is 20.0. The van der Waals surface area contributed by atoms with Crippen molar-refractivity contribution in [3.05, 3.63) is 18.3 Å². The van der Waals surface area contributed by atoms with Crippen molar-refractivity contribution in [2.24, 2.45) is 11.7 Å². The molecular formula is C15H22N4O4. The van der Waals surface area contributed by atoms with Crippen molar-refractivity contribution < 1.29 is 19.1 Å². The summed E-state index contributed by atoms with van der Waals surface area (Å²) in [6.07, 6.45) is 3.86. The van der Waals surface area contributed by atoms with E-state index in [4.69, 9.17) is 15.2 Å². The zero-order chi connectivity index (χ0) is 16.7. The first kappa shape index (κ1) is 17.0. The number of nitrogens with zero attached hydrogens (tertiary/aromatic N) is 1. The first-order valence-corrected chi connectivity index (χ1v) is 7.54. The lowest BCUT2D eigenvalue weighted by Crippen LogP contribution is -2.44. The van der Waals surface area contributed by atoms with Crippen LogP contribution in [0.1, 0.15) is 19.3 Å². The summed E-state index contributed by atoms with van der Waals surface area (Å²) in [5.74, 6) is -0.208. The van der Waals surface area contributed by atoms with E-state index in [1.807, 2.05) is 0 Å². The van der Waals surface area contributed by atoms with Gasteiger partial charge in [0.05, 0.1) is 24.4 Å². The van der Waals surface area contributed by atoms with Crippen LogP contribution in [-0.4, -0.2) is 43.3 Å². The molecule has 1 fully saturated rings. The van der Waals surface area contributed by atoms with Gasteiger partial charge in [0.15, 0.2) is 0 Å². The standard InChI is InChI=1S/C15H22N4O4/c1-22-7-8-23-13-6-5-10(9-17-13)18-15(21)19-12-4-2-3-11(12)14(16)20/h5-6,9,11-12H,2-4,7-8H2,1H3,(H2,16,20)(H2,18,19,21)/t11-,12+/m1/s1. The molecule has 23 heavy (non-hydrogen) atoms. The van der Waals surface area contributed by atoms with E-state index in [-0.39, 0.29) is 23.9 Å². The second-order valence-corrected chi connectivity index (χ2v) is 5.37. The number of carbonyl (C=O) groups excluding carboxylic acids is 2. The Balaban J connectivity index is 1.82. The SMILES string of the molecule is COCCOc1ccc(NC(=O)N[C@H]2CCC[C@H]2C(N)=O)cn1. The van der Waals surface area contributed by atoms with Crippen molar-refractivity contribution in [2.45, 2.75) is 25.3 Å². The van der Waals surface area contributed by atoms with Crippen molar-refractivity contribution in [1.29, 1.82) is 0 Å². The maximum Gasteiger partial charge on any atom is 0.319 e. The van der Waals surface area contributed by atoms with Gasteiger partial charge in [-0.15, -0.1) is 0 Å². The van der Waals surface area contributed by atoms with Crippen LogP contribution in [0.3, 0.4) is 0 Å². The minimum absolute atomic E-state index is 0.211. The van der Waals surface area contributed by atoms with Crippen LogP contribution >= 0.6 is 0 Å². The van der Waals surface area contributed by atoms with Crippen LogP contribution < -0.4 is 21.1 Å². The lowest BCUT2D eigenvalue weighted by atomic mass is 10.0. The highest BCUT2D eigenvalue weighted by Gasteiger charge is 2.32. The summed E-state index contributed by atoms with van der Waals surface area (Å²) in [6, 6.07) is 2.76. The quantitative estimate of drug-likeness (QED) is 0.645. The summed E-state index contributed by atoms with van der Waals surface area (Å²) < 4.78 is 10.2. The zero-order valence-corrected chi connectivity index (χ0v) is 13.1. The van der Waals surface area contributed by atoms with Crippen molar-refractivity contribution in [3.8, 4) is 5.88 Å². The van der Waals surface area contributed by atoms with Gasteiger partial charge >= 0.3 is 6.03 Å². The lowest BCUT2D eigenvalue weighted by Gasteiger charge is -2.18. The fourth-order valence-corrected chi connectivity index (χ4v) is 2.58. The molecule has 1 aliphatic rings. The number of ether oxygens (including phenoxy) is 2. The molecule has 3 amide bonds. The first-order chi connectivity index (χ1) is 11.1. The Morgan fingerprint density at radius 3 is 2.83 bits per heavy atom. The second kappa shape index (κ2) is 8.33. The van der Waals surface area contributed by atoms with Crippen LogP contribution in [0.2, 0.25) is 0 Å². The third-order valence-corrected chi connectivity index (χ3v) is 3.73. The Kier molecular flexibility index (Phi) is 6.16. The van der Waals surface area contributed by atoms with Crippen molar-refractivity contribution in [3.63, 3.8) is 0 Å².